The summed E-state index contributed by atoms with van der Waals surface area (Å²) < 4.78 is 0. The van der Waals surface area contributed by atoms with Gasteiger partial charge in [0.2, 0.25) is 5.91 Å². The molecular formula is C21H22ClN5O2. The van der Waals surface area contributed by atoms with Gasteiger partial charge in [0.25, 0.3) is 5.91 Å². The Balaban J connectivity index is 0.00000240. The van der Waals surface area contributed by atoms with E-state index >= 15 is 0 Å². The average molecular weight is 412 g/mol. The van der Waals surface area contributed by atoms with Crippen LogP contribution >= 0.6 is 12.4 Å². The summed E-state index contributed by atoms with van der Waals surface area (Å²) in [6.45, 7) is 1.92. The van der Waals surface area contributed by atoms with Gasteiger partial charge in [-0.2, -0.15) is 5.10 Å². The van der Waals surface area contributed by atoms with Crippen molar-refractivity contribution in [2.45, 2.75) is 25.8 Å². The Morgan fingerprint density at radius 3 is 2.76 bits per heavy atom. The molecule has 0 bridgehead atoms. The van der Waals surface area contributed by atoms with Gasteiger partial charge in [-0.25, -0.2) is 5.43 Å². The second-order valence-electron chi connectivity index (χ2n) is 6.93. The summed E-state index contributed by atoms with van der Waals surface area (Å²) in [6.07, 6.45) is 2.88. The summed E-state index contributed by atoms with van der Waals surface area (Å²) in [5, 5.41) is 7.57. The molecular weight excluding hydrogens is 390 g/mol. The number of carbonyl (C=O) groups excluding carboxylic acids is 2. The number of nitrogens with one attached hydrogen (secondary N) is 3. The lowest BCUT2D eigenvalue weighted by Gasteiger charge is -2.13. The van der Waals surface area contributed by atoms with E-state index in [2.05, 4.69) is 20.8 Å². The molecule has 2 heterocycles. The van der Waals surface area contributed by atoms with Crippen molar-refractivity contribution in [3.05, 3.63) is 64.8 Å². The van der Waals surface area contributed by atoms with Crippen LogP contribution in [-0.2, 0) is 11.2 Å². The molecule has 1 atom stereocenters. The van der Waals surface area contributed by atoms with Crippen molar-refractivity contribution in [3.8, 4) is 0 Å². The van der Waals surface area contributed by atoms with E-state index in [-0.39, 0.29) is 24.2 Å². The number of hydrogen-bond acceptors (Lipinski definition) is 4. The van der Waals surface area contributed by atoms with Crippen LogP contribution in [0.25, 0.3) is 10.9 Å². The Morgan fingerprint density at radius 2 is 2.00 bits per heavy atom. The summed E-state index contributed by atoms with van der Waals surface area (Å²) in [5.41, 5.74) is 13.2. The first kappa shape index (κ1) is 20.6. The van der Waals surface area contributed by atoms with Crippen molar-refractivity contribution < 1.29 is 9.59 Å². The van der Waals surface area contributed by atoms with Crippen LogP contribution in [0.1, 0.15) is 33.6 Å². The number of amides is 2. The molecule has 0 saturated carbocycles. The number of benzene rings is 2. The number of carbonyl (C=O) groups is 2. The first-order valence-electron chi connectivity index (χ1n) is 9.13. The molecule has 150 valence electrons. The van der Waals surface area contributed by atoms with Crippen LogP contribution in [0.4, 0.5) is 5.69 Å². The Hall–Kier alpha value is -3.16. The summed E-state index contributed by atoms with van der Waals surface area (Å²) in [6, 6.07) is 12.7. The molecule has 0 radical (unpaired) electrons. The van der Waals surface area contributed by atoms with Gasteiger partial charge >= 0.3 is 0 Å². The van der Waals surface area contributed by atoms with Crippen LogP contribution in [0.3, 0.4) is 0 Å². The first-order valence-corrected chi connectivity index (χ1v) is 9.13. The fourth-order valence-corrected chi connectivity index (χ4v) is 3.45. The van der Waals surface area contributed by atoms with E-state index in [1.807, 2.05) is 43.3 Å². The van der Waals surface area contributed by atoms with E-state index in [1.165, 1.54) is 0 Å². The van der Waals surface area contributed by atoms with Crippen LogP contribution in [0.5, 0.6) is 0 Å². The van der Waals surface area contributed by atoms with Crippen LogP contribution in [0.15, 0.2) is 47.6 Å². The molecule has 5 N–H and O–H groups in total. The molecule has 29 heavy (non-hydrogen) atoms. The van der Waals surface area contributed by atoms with Gasteiger partial charge in [0.1, 0.15) is 0 Å². The van der Waals surface area contributed by atoms with E-state index in [0.29, 0.717) is 17.7 Å². The lowest BCUT2D eigenvalue weighted by atomic mass is 10.0. The smallest absolute Gasteiger partial charge is 0.272 e. The Morgan fingerprint density at radius 1 is 1.24 bits per heavy atom. The van der Waals surface area contributed by atoms with Gasteiger partial charge in [-0.1, -0.05) is 30.3 Å². The van der Waals surface area contributed by atoms with Crippen molar-refractivity contribution in [2.75, 3.05) is 5.32 Å². The fraction of sp³-hybridized carbons (Fsp3) is 0.190. The normalized spacial score (nSPS) is 13.4. The minimum atomic E-state index is -0.645. The zero-order valence-corrected chi connectivity index (χ0v) is 16.7. The average Bonchev–Trinajstić information content (AvgIpc) is 2.90. The number of aromatic nitrogens is 1. The number of nitrogens with zero attached hydrogens (tertiary/aromatic N) is 1. The summed E-state index contributed by atoms with van der Waals surface area (Å²) in [7, 11) is 0. The van der Waals surface area contributed by atoms with Gasteiger partial charge in [-0.05, 0) is 37.5 Å². The minimum absolute atomic E-state index is 0. The van der Waals surface area contributed by atoms with Crippen molar-refractivity contribution in [1.29, 1.82) is 0 Å². The number of anilines is 1. The molecule has 1 aliphatic rings. The van der Waals surface area contributed by atoms with E-state index in [0.717, 1.165) is 34.1 Å². The highest BCUT2D eigenvalue weighted by Gasteiger charge is 2.21. The molecule has 2 amide bonds. The number of aromatic amines is 1. The second-order valence-corrected chi connectivity index (χ2v) is 6.93. The number of halogens is 1. The van der Waals surface area contributed by atoms with Crippen LogP contribution in [0, 0.1) is 6.92 Å². The minimum Gasteiger partial charge on any atom is -0.358 e. The highest BCUT2D eigenvalue weighted by molar-refractivity contribution is 6.16. The quantitative estimate of drug-likeness (QED) is 0.517. The Bertz CT molecular complexity index is 1090. The molecule has 8 heteroatoms. The van der Waals surface area contributed by atoms with Gasteiger partial charge in [-0.3, -0.25) is 9.59 Å². The van der Waals surface area contributed by atoms with E-state index in [4.69, 9.17) is 5.73 Å². The van der Waals surface area contributed by atoms with E-state index < -0.39 is 6.04 Å². The topological polar surface area (TPSA) is 112 Å². The summed E-state index contributed by atoms with van der Waals surface area (Å²) in [4.78, 5) is 28.1. The molecule has 0 aliphatic carbocycles. The highest BCUT2D eigenvalue weighted by Crippen LogP contribution is 2.29. The molecule has 0 fully saturated rings. The standard InChI is InChI=1S/C21H21N5O2.ClH/c1-12-16-11-23-26-20(27)15-9-14(10-18(24-12)19(15)16)25-21(28)17(22)8-7-13-5-3-2-4-6-13;/h2-6,9-11,17,24H,7-8,22H2,1H3,(H,25,28)(H,26,27);1H/t17-;/m1./s1. The van der Waals surface area contributed by atoms with Gasteiger partial charge in [-0.15, -0.1) is 12.4 Å². The zero-order chi connectivity index (χ0) is 19.7. The lowest BCUT2D eigenvalue weighted by Crippen LogP contribution is -2.36. The summed E-state index contributed by atoms with van der Waals surface area (Å²) in [5.74, 6) is -0.597. The largest absolute Gasteiger partial charge is 0.358 e. The number of rotatable bonds is 5. The third-order valence-corrected chi connectivity index (χ3v) is 4.93. The molecule has 7 nitrogen and oxygen atoms in total. The third-order valence-electron chi connectivity index (χ3n) is 4.93. The first-order chi connectivity index (χ1) is 13.5. The predicted molar refractivity (Wildman–Crippen MR) is 117 cm³/mol. The van der Waals surface area contributed by atoms with Crippen LogP contribution < -0.4 is 16.5 Å². The third kappa shape index (κ3) is 4.16. The van der Waals surface area contributed by atoms with Crippen molar-refractivity contribution in [2.24, 2.45) is 10.8 Å². The van der Waals surface area contributed by atoms with Gasteiger partial charge in [0, 0.05) is 27.8 Å². The molecule has 2 aromatic carbocycles. The Kier molecular flexibility index (Phi) is 6.00. The van der Waals surface area contributed by atoms with Crippen molar-refractivity contribution >= 4 is 47.0 Å². The second kappa shape index (κ2) is 8.46. The van der Waals surface area contributed by atoms with Gasteiger partial charge in [0.15, 0.2) is 0 Å². The number of nitrogens with two attached hydrogens (primary N) is 1. The van der Waals surface area contributed by atoms with E-state index in [1.54, 1.807) is 12.3 Å². The maximum atomic E-state index is 12.5. The Labute approximate surface area is 174 Å². The monoisotopic (exact) mass is 411 g/mol. The zero-order valence-electron chi connectivity index (χ0n) is 15.9. The van der Waals surface area contributed by atoms with Crippen LogP contribution in [0.2, 0.25) is 0 Å². The maximum Gasteiger partial charge on any atom is 0.272 e. The lowest BCUT2D eigenvalue weighted by molar-refractivity contribution is -0.117. The molecule has 0 spiro atoms. The van der Waals surface area contributed by atoms with Gasteiger partial charge in [0.05, 0.1) is 17.8 Å². The number of hydrazone groups is 1. The molecule has 0 saturated heterocycles. The molecule has 1 aromatic heterocycles. The molecule has 0 unspecified atom stereocenters. The van der Waals surface area contributed by atoms with Crippen molar-refractivity contribution in [1.82, 2.24) is 10.4 Å². The number of hydrogen-bond donors (Lipinski definition) is 4. The van der Waals surface area contributed by atoms with Crippen LogP contribution in [-0.4, -0.2) is 29.1 Å². The SMILES string of the molecule is Cc1[nH]c2cc(NC(=O)[C@H](N)CCc3ccccc3)cc3c2c1C=NNC3=O.Cl. The molecule has 3 aromatic rings. The predicted octanol–water partition coefficient (Wildman–Crippen LogP) is 2.87. The molecule has 4 rings (SSSR count). The number of H-pyrrole nitrogens is 1. The number of aryl methyl sites for hydroxylation is 2. The maximum absolute atomic E-state index is 12.5. The van der Waals surface area contributed by atoms with E-state index in [9.17, 15) is 9.59 Å². The summed E-state index contributed by atoms with van der Waals surface area (Å²) >= 11 is 0. The highest BCUT2D eigenvalue weighted by atomic mass is 35.5. The van der Waals surface area contributed by atoms with Gasteiger partial charge < -0.3 is 16.0 Å². The fourth-order valence-electron chi connectivity index (χ4n) is 3.45. The molecule has 1 aliphatic heterocycles. The van der Waals surface area contributed by atoms with Crippen molar-refractivity contribution in [3.63, 3.8) is 0 Å².